The van der Waals surface area contributed by atoms with Crippen LogP contribution in [0.3, 0.4) is 0 Å². The van der Waals surface area contributed by atoms with Crippen LogP contribution in [0.1, 0.15) is 25.8 Å². The van der Waals surface area contributed by atoms with Crippen molar-refractivity contribution in [2.24, 2.45) is 0 Å². The molecule has 1 rings (SSSR count). The fourth-order valence-electron chi connectivity index (χ4n) is 1.54. The van der Waals surface area contributed by atoms with E-state index in [0.717, 1.165) is 18.7 Å². The number of halogens is 1. The van der Waals surface area contributed by atoms with Gasteiger partial charge < -0.3 is 10.4 Å². The third-order valence-electron chi connectivity index (χ3n) is 2.49. The molecular weight excluding hydrogens is 210 g/mol. The van der Waals surface area contributed by atoms with Gasteiger partial charge in [-0.15, -0.1) is 0 Å². The molecule has 0 heterocycles. The third-order valence-corrected chi connectivity index (χ3v) is 2.82. The van der Waals surface area contributed by atoms with Gasteiger partial charge in [-0.2, -0.15) is 0 Å². The normalized spacial score (nSPS) is 14.9. The highest BCUT2D eigenvalue weighted by Gasteiger charge is 2.24. The van der Waals surface area contributed by atoms with E-state index < -0.39 is 5.60 Å². The van der Waals surface area contributed by atoms with Crippen molar-refractivity contribution in [1.29, 1.82) is 0 Å². The number of rotatable bonds is 5. The van der Waals surface area contributed by atoms with E-state index in [2.05, 4.69) is 5.32 Å². The van der Waals surface area contributed by atoms with Gasteiger partial charge in [0.2, 0.25) is 0 Å². The van der Waals surface area contributed by atoms with E-state index in [-0.39, 0.29) is 0 Å². The van der Waals surface area contributed by atoms with E-state index in [4.69, 9.17) is 11.6 Å². The van der Waals surface area contributed by atoms with Crippen molar-refractivity contribution in [2.45, 2.75) is 25.9 Å². The molecule has 0 radical (unpaired) electrons. The molecule has 2 N–H and O–H groups in total. The smallest absolute Gasteiger partial charge is 0.0895 e. The molecule has 0 bridgehead atoms. The van der Waals surface area contributed by atoms with Crippen LogP contribution in [0.2, 0.25) is 5.02 Å². The Labute approximate surface area is 96.3 Å². The molecule has 1 unspecified atom stereocenters. The van der Waals surface area contributed by atoms with Crippen molar-refractivity contribution in [1.82, 2.24) is 5.32 Å². The van der Waals surface area contributed by atoms with Crippen LogP contribution in [0.4, 0.5) is 0 Å². The van der Waals surface area contributed by atoms with Crippen LogP contribution in [0.15, 0.2) is 24.3 Å². The molecular formula is C12H18ClNO. The minimum absolute atomic E-state index is 0.624. The molecule has 1 atom stereocenters. The van der Waals surface area contributed by atoms with E-state index >= 15 is 0 Å². The molecule has 84 valence electrons. The molecule has 0 saturated heterocycles. The van der Waals surface area contributed by atoms with Crippen LogP contribution < -0.4 is 5.32 Å². The Morgan fingerprint density at radius 2 is 2.07 bits per heavy atom. The van der Waals surface area contributed by atoms with E-state index in [9.17, 15) is 5.11 Å². The average molecular weight is 228 g/mol. The number of hydrogen-bond acceptors (Lipinski definition) is 2. The van der Waals surface area contributed by atoms with Crippen LogP contribution in [0, 0.1) is 0 Å². The van der Waals surface area contributed by atoms with E-state index in [1.807, 2.05) is 25.1 Å². The quantitative estimate of drug-likeness (QED) is 0.758. The summed E-state index contributed by atoms with van der Waals surface area (Å²) in [7, 11) is 0. The lowest BCUT2D eigenvalue weighted by molar-refractivity contribution is 0.0483. The van der Waals surface area contributed by atoms with Crippen molar-refractivity contribution in [3.05, 3.63) is 34.9 Å². The summed E-state index contributed by atoms with van der Waals surface area (Å²) in [5, 5.41) is 14.1. The number of aliphatic hydroxyl groups is 1. The second-order valence-corrected chi connectivity index (χ2v) is 4.26. The van der Waals surface area contributed by atoms with Gasteiger partial charge in [0.1, 0.15) is 0 Å². The third kappa shape index (κ3) is 3.49. The van der Waals surface area contributed by atoms with Gasteiger partial charge in [0.15, 0.2) is 0 Å². The number of nitrogens with one attached hydrogen (secondary N) is 1. The second-order valence-electron chi connectivity index (χ2n) is 3.86. The van der Waals surface area contributed by atoms with E-state index in [0.29, 0.717) is 11.4 Å². The first-order valence-electron chi connectivity index (χ1n) is 5.26. The molecule has 0 spiro atoms. The maximum atomic E-state index is 10.3. The van der Waals surface area contributed by atoms with Gasteiger partial charge in [-0.3, -0.25) is 0 Å². The molecule has 1 aromatic rings. The molecule has 15 heavy (non-hydrogen) atoms. The van der Waals surface area contributed by atoms with Crippen molar-refractivity contribution >= 4 is 11.6 Å². The average Bonchev–Trinajstić information content (AvgIpc) is 2.18. The molecule has 0 saturated carbocycles. The summed E-state index contributed by atoms with van der Waals surface area (Å²) in [5.41, 5.74) is -0.0647. The zero-order valence-electron chi connectivity index (χ0n) is 9.26. The predicted molar refractivity (Wildman–Crippen MR) is 64.2 cm³/mol. The monoisotopic (exact) mass is 227 g/mol. The summed E-state index contributed by atoms with van der Waals surface area (Å²) >= 11 is 6.04. The predicted octanol–water partition coefficient (Wildman–Crippen LogP) is 2.55. The minimum Gasteiger partial charge on any atom is -0.385 e. The molecule has 0 aliphatic heterocycles. The maximum absolute atomic E-state index is 10.3. The topological polar surface area (TPSA) is 32.3 Å². The molecule has 0 amide bonds. The summed E-state index contributed by atoms with van der Waals surface area (Å²) in [6.07, 6.45) is 0.657. The Hall–Kier alpha value is -0.570. The molecule has 0 aliphatic rings. The van der Waals surface area contributed by atoms with Crippen molar-refractivity contribution in [3.8, 4) is 0 Å². The van der Waals surface area contributed by atoms with Crippen LogP contribution in [0.25, 0.3) is 0 Å². The molecule has 2 nitrogen and oxygen atoms in total. The Kier molecular flexibility index (Phi) is 4.58. The van der Waals surface area contributed by atoms with Gasteiger partial charge in [-0.05, 0) is 32.5 Å². The molecule has 0 fully saturated rings. The largest absolute Gasteiger partial charge is 0.385 e. The van der Waals surface area contributed by atoms with E-state index in [1.54, 1.807) is 13.0 Å². The molecule has 0 aliphatic carbocycles. The van der Waals surface area contributed by atoms with Crippen molar-refractivity contribution < 1.29 is 5.11 Å². The van der Waals surface area contributed by atoms with Gasteiger partial charge in [0, 0.05) is 10.6 Å². The summed E-state index contributed by atoms with van der Waals surface area (Å²) < 4.78 is 0. The lowest BCUT2D eigenvalue weighted by Crippen LogP contribution is -2.28. The molecule has 3 heteroatoms. The first-order valence-corrected chi connectivity index (χ1v) is 5.64. The van der Waals surface area contributed by atoms with Crippen LogP contribution in [-0.4, -0.2) is 18.2 Å². The summed E-state index contributed by atoms with van der Waals surface area (Å²) in [4.78, 5) is 0. The van der Waals surface area contributed by atoms with Gasteiger partial charge in [0.05, 0.1) is 5.60 Å². The Balaban J connectivity index is 2.72. The molecule has 1 aromatic carbocycles. The van der Waals surface area contributed by atoms with Gasteiger partial charge in [0.25, 0.3) is 0 Å². The zero-order valence-corrected chi connectivity index (χ0v) is 10.0. The first kappa shape index (κ1) is 12.5. The van der Waals surface area contributed by atoms with Gasteiger partial charge in [-0.25, -0.2) is 0 Å². The Morgan fingerprint density at radius 3 is 2.67 bits per heavy atom. The number of hydrogen-bond donors (Lipinski definition) is 2. The van der Waals surface area contributed by atoms with Crippen LogP contribution >= 0.6 is 11.6 Å². The summed E-state index contributed by atoms with van der Waals surface area (Å²) in [6, 6.07) is 7.43. The highest BCUT2D eigenvalue weighted by atomic mass is 35.5. The summed E-state index contributed by atoms with van der Waals surface area (Å²) in [5.74, 6) is 0. The van der Waals surface area contributed by atoms with Crippen LogP contribution in [-0.2, 0) is 5.60 Å². The highest BCUT2D eigenvalue weighted by molar-refractivity contribution is 6.31. The van der Waals surface area contributed by atoms with Crippen LogP contribution in [0.5, 0.6) is 0 Å². The van der Waals surface area contributed by atoms with E-state index in [1.165, 1.54) is 0 Å². The van der Waals surface area contributed by atoms with Crippen molar-refractivity contribution in [2.75, 3.05) is 13.1 Å². The molecule has 0 aromatic heterocycles. The SMILES string of the molecule is CCNCCC(C)(O)c1ccccc1Cl. The standard InChI is InChI=1S/C12H18ClNO/c1-3-14-9-8-12(2,15)10-6-4-5-7-11(10)13/h4-7,14-15H,3,8-9H2,1-2H3. The minimum atomic E-state index is -0.861. The summed E-state index contributed by atoms with van der Waals surface area (Å²) in [6.45, 7) is 5.54. The lowest BCUT2D eigenvalue weighted by atomic mass is 9.92. The van der Waals surface area contributed by atoms with Gasteiger partial charge >= 0.3 is 0 Å². The van der Waals surface area contributed by atoms with Gasteiger partial charge in [-0.1, -0.05) is 36.7 Å². The zero-order chi connectivity index (χ0) is 11.3. The number of benzene rings is 1. The first-order chi connectivity index (χ1) is 7.08. The maximum Gasteiger partial charge on any atom is 0.0895 e. The Morgan fingerprint density at radius 1 is 1.40 bits per heavy atom. The second kappa shape index (κ2) is 5.50. The Bertz CT molecular complexity index is 312. The fourth-order valence-corrected chi connectivity index (χ4v) is 1.88. The lowest BCUT2D eigenvalue weighted by Gasteiger charge is -2.25. The highest BCUT2D eigenvalue weighted by Crippen LogP contribution is 2.29. The fraction of sp³-hybridized carbons (Fsp3) is 0.500. The van der Waals surface area contributed by atoms with Crippen molar-refractivity contribution in [3.63, 3.8) is 0 Å².